The van der Waals surface area contributed by atoms with Crippen molar-refractivity contribution in [2.75, 3.05) is 17.2 Å². The maximum atomic E-state index is 4.47. The summed E-state index contributed by atoms with van der Waals surface area (Å²) < 4.78 is 0. The molecule has 0 saturated carbocycles. The van der Waals surface area contributed by atoms with Crippen molar-refractivity contribution in [1.82, 2.24) is 9.97 Å². The van der Waals surface area contributed by atoms with Crippen molar-refractivity contribution >= 4 is 11.6 Å². The van der Waals surface area contributed by atoms with E-state index in [1.165, 1.54) is 12.0 Å². The summed E-state index contributed by atoms with van der Waals surface area (Å²) in [6.07, 6.45) is 5.14. The molecule has 0 aliphatic carbocycles. The van der Waals surface area contributed by atoms with Gasteiger partial charge in [-0.1, -0.05) is 34.6 Å². The Kier molecular flexibility index (Phi) is 7.48. The van der Waals surface area contributed by atoms with E-state index >= 15 is 0 Å². The number of nitrogens with one attached hydrogen (secondary N) is 2. The largest absolute Gasteiger partial charge is 0.370 e. The van der Waals surface area contributed by atoms with Gasteiger partial charge in [-0.3, -0.25) is 0 Å². The number of aromatic nitrogens is 2. The molecule has 1 aromatic rings. The van der Waals surface area contributed by atoms with Gasteiger partial charge in [0.05, 0.1) is 0 Å². The van der Waals surface area contributed by atoms with Crippen LogP contribution in [0.25, 0.3) is 0 Å². The molecule has 0 aliphatic heterocycles. The van der Waals surface area contributed by atoms with Gasteiger partial charge >= 0.3 is 0 Å². The first-order chi connectivity index (χ1) is 9.95. The van der Waals surface area contributed by atoms with E-state index in [-0.39, 0.29) is 0 Å². The summed E-state index contributed by atoms with van der Waals surface area (Å²) in [5.74, 6) is 3.09. The third-order valence-electron chi connectivity index (χ3n) is 3.56. The van der Waals surface area contributed by atoms with Crippen molar-refractivity contribution < 1.29 is 0 Å². The number of rotatable bonds is 9. The van der Waals surface area contributed by atoms with Gasteiger partial charge in [-0.15, -0.1) is 0 Å². The monoisotopic (exact) mass is 292 g/mol. The summed E-state index contributed by atoms with van der Waals surface area (Å²) >= 11 is 0. The predicted molar refractivity (Wildman–Crippen MR) is 92.1 cm³/mol. The molecule has 4 heteroatoms. The van der Waals surface area contributed by atoms with Gasteiger partial charge in [0.25, 0.3) is 0 Å². The molecule has 120 valence electrons. The van der Waals surface area contributed by atoms with Crippen molar-refractivity contribution in [2.45, 2.75) is 72.8 Å². The SMILES string of the molecule is CCCNc1ncnc(NC(C)CCC(C)C)c1C(C)C. The van der Waals surface area contributed by atoms with E-state index in [2.05, 4.69) is 62.1 Å². The average Bonchev–Trinajstić information content (AvgIpc) is 2.42. The van der Waals surface area contributed by atoms with Crippen molar-refractivity contribution in [3.63, 3.8) is 0 Å². The van der Waals surface area contributed by atoms with Crippen LogP contribution in [0.1, 0.15) is 72.3 Å². The highest BCUT2D eigenvalue weighted by Gasteiger charge is 2.16. The van der Waals surface area contributed by atoms with E-state index in [1.807, 2.05) is 0 Å². The van der Waals surface area contributed by atoms with Crippen molar-refractivity contribution in [3.05, 3.63) is 11.9 Å². The van der Waals surface area contributed by atoms with Gasteiger partial charge in [0, 0.05) is 18.2 Å². The normalized spacial score (nSPS) is 12.8. The Morgan fingerprint density at radius 1 is 1.00 bits per heavy atom. The topological polar surface area (TPSA) is 49.8 Å². The fraction of sp³-hybridized carbons (Fsp3) is 0.765. The molecule has 1 rings (SSSR count). The Morgan fingerprint density at radius 2 is 1.67 bits per heavy atom. The second-order valence-corrected chi connectivity index (χ2v) is 6.58. The van der Waals surface area contributed by atoms with Gasteiger partial charge in [0.15, 0.2) is 0 Å². The second-order valence-electron chi connectivity index (χ2n) is 6.58. The molecule has 4 nitrogen and oxygen atoms in total. The Morgan fingerprint density at radius 3 is 2.24 bits per heavy atom. The van der Waals surface area contributed by atoms with Crippen LogP contribution in [0.4, 0.5) is 11.6 Å². The van der Waals surface area contributed by atoms with Crippen LogP contribution in [0.3, 0.4) is 0 Å². The molecule has 1 unspecified atom stereocenters. The van der Waals surface area contributed by atoms with E-state index in [1.54, 1.807) is 6.33 Å². The number of anilines is 2. The first-order valence-electron chi connectivity index (χ1n) is 8.30. The number of hydrogen-bond acceptors (Lipinski definition) is 4. The highest BCUT2D eigenvalue weighted by atomic mass is 15.1. The minimum atomic E-state index is 0.394. The van der Waals surface area contributed by atoms with Gasteiger partial charge in [-0.2, -0.15) is 0 Å². The maximum absolute atomic E-state index is 4.47. The lowest BCUT2D eigenvalue weighted by atomic mass is 10.0. The lowest BCUT2D eigenvalue weighted by Crippen LogP contribution is -2.19. The zero-order chi connectivity index (χ0) is 15.8. The Labute approximate surface area is 130 Å². The van der Waals surface area contributed by atoms with Crippen molar-refractivity contribution in [3.8, 4) is 0 Å². The predicted octanol–water partition coefficient (Wildman–Crippen LogP) is 4.66. The number of hydrogen-bond donors (Lipinski definition) is 2. The second kappa shape index (κ2) is 8.85. The average molecular weight is 292 g/mol. The molecule has 0 bridgehead atoms. The van der Waals surface area contributed by atoms with Gasteiger partial charge in [-0.05, 0) is 38.0 Å². The molecule has 21 heavy (non-hydrogen) atoms. The molecule has 0 fully saturated rings. The number of nitrogens with zero attached hydrogens (tertiary/aromatic N) is 2. The van der Waals surface area contributed by atoms with Gasteiger partial charge in [0.2, 0.25) is 0 Å². The van der Waals surface area contributed by atoms with Crippen LogP contribution in [-0.4, -0.2) is 22.6 Å². The fourth-order valence-corrected chi connectivity index (χ4v) is 2.33. The standard InChI is InChI=1S/C17H32N4/c1-7-10-18-16-15(13(4)5)17(20-11-19-16)21-14(6)9-8-12(2)3/h11-14H,7-10H2,1-6H3,(H2,18,19,20,21). The lowest BCUT2D eigenvalue weighted by molar-refractivity contribution is 0.526. The van der Waals surface area contributed by atoms with Crippen molar-refractivity contribution in [1.29, 1.82) is 0 Å². The van der Waals surface area contributed by atoms with Crippen LogP contribution in [0, 0.1) is 5.92 Å². The summed E-state index contributed by atoms with van der Waals surface area (Å²) in [6.45, 7) is 14.3. The molecule has 0 saturated heterocycles. The summed E-state index contributed by atoms with van der Waals surface area (Å²) in [6, 6.07) is 0.429. The van der Waals surface area contributed by atoms with Crippen molar-refractivity contribution in [2.24, 2.45) is 5.92 Å². The first-order valence-corrected chi connectivity index (χ1v) is 8.30. The fourth-order valence-electron chi connectivity index (χ4n) is 2.33. The summed E-state index contributed by atoms with van der Waals surface area (Å²) in [4.78, 5) is 8.89. The lowest BCUT2D eigenvalue weighted by Gasteiger charge is -2.21. The molecular formula is C17H32N4. The summed E-state index contributed by atoms with van der Waals surface area (Å²) in [5, 5.41) is 6.99. The molecular weight excluding hydrogens is 260 g/mol. The molecule has 0 aromatic carbocycles. The molecule has 0 aliphatic rings. The minimum absolute atomic E-state index is 0.394. The maximum Gasteiger partial charge on any atom is 0.135 e. The molecule has 2 N–H and O–H groups in total. The molecule has 1 aromatic heterocycles. The smallest absolute Gasteiger partial charge is 0.135 e. The van der Waals surface area contributed by atoms with Crippen LogP contribution in [0.15, 0.2) is 6.33 Å². The van der Waals surface area contributed by atoms with Crippen LogP contribution in [0.5, 0.6) is 0 Å². The van der Waals surface area contributed by atoms with Crippen LogP contribution < -0.4 is 10.6 Å². The van der Waals surface area contributed by atoms with E-state index in [4.69, 9.17) is 0 Å². The molecule has 0 amide bonds. The third-order valence-corrected chi connectivity index (χ3v) is 3.56. The van der Waals surface area contributed by atoms with E-state index in [0.717, 1.165) is 36.9 Å². The Bertz CT molecular complexity index is 415. The molecule has 0 radical (unpaired) electrons. The first kappa shape index (κ1) is 17.7. The van der Waals surface area contributed by atoms with Gasteiger partial charge < -0.3 is 10.6 Å². The highest BCUT2D eigenvalue weighted by molar-refractivity contribution is 5.59. The quantitative estimate of drug-likeness (QED) is 0.695. The van der Waals surface area contributed by atoms with Crippen LogP contribution >= 0.6 is 0 Å². The Hall–Kier alpha value is -1.32. The molecule has 0 spiro atoms. The third kappa shape index (κ3) is 5.90. The van der Waals surface area contributed by atoms with Crippen LogP contribution in [0.2, 0.25) is 0 Å². The van der Waals surface area contributed by atoms with E-state index in [0.29, 0.717) is 12.0 Å². The van der Waals surface area contributed by atoms with E-state index in [9.17, 15) is 0 Å². The highest BCUT2D eigenvalue weighted by Crippen LogP contribution is 2.29. The van der Waals surface area contributed by atoms with Gasteiger partial charge in [-0.25, -0.2) is 9.97 Å². The van der Waals surface area contributed by atoms with Crippen LogP contribution in [-0.2, 0) is 0 Å². The molecule has 1 heterocycles. The summed E-state index contributed by atoms with van der Waals surface area (Å²) in [5.41, 5.74) is 1.20. The molecule has 1 atom stereocenters. The van der Waals surface area contributed by atoms with E-state index < -0.39 is 0 Å². The van der Waals surface area contributed by atoms with Gasteiger partial charge in [0.1, 0.15) is 18.0 Å². The zero-order valence-electron chi connectivity index (χ0n) is 14.5. The minimum Gasteiger partial charge on any atom is -0.370 e. The summed E-state index contributed by atoms with van der Waals surface area (Å²) in [7, 11) is 0. The Balaban J connectivity index is 2.85. The zero-order valence-corrected chi connectivity index (χ0v) is 14.5.